The molecule has 0 saturated heterocycles. The highest BCUT2D eigenvalue weighted by atomic mass is 19.4. The minimum absolute atomic E-state index is 0.445. The summed E-state index contributed by atoms with van der Waals surface area (Å²) >= 11 is 0. The van der Waals surface area contributed by atoms with Crippen molar-refractivity contribution in [2.75, 3.05) is 11.9 Å². The van der Waals surface area contributed by atoms with Crippen LogP contribution in [0.1, 0.15) is 22.5 Å². The van der Waals surface area contributed by atoms with Gasteiger partial charge in [-0.2, -0.15) is 13.2 Å². The van der Waals surface area contributed by atoms with Gasteiger partial charge in [-0.1, -0.05) is 12.1 Å². The topological polar surface area (TPSA) is 29.0 Å². The molecule has 0 atom stereocenters. The summed E-state index contributed by atoms with van der Waals surface area (Å²) in [4.78, 5) is 10.5. The highest BCUT2D eigenvalue weighted by Crippen LogP contribution is 2.29. The van der Waals surface area contributed by atoms with Crippen LogP contribution in [0.3, 0.4) is 0 Å². The first-order valence-corrected chi connectivity index (χ1v) is 6.45. The van der Waals surface area contributed by atoms with E-state index in [9.17, 15) is 13.2 Å². The Balaban J connectivity index is 2.14. The third kappa shape index (κ3) is 3.93. The van der Waals surface area contributed by atoms with Gasteiger partial charge >= 0.3 is 6.18 Å². The summed E-state index contributed by atoms with van der Waals surface area (Å²) in [6.45, 7) is 4.20. The van der Waals surface area contributed by atoms with Crippen LogP contribution in [0, 0.1) is 13.8 Å². The SMILES string of the molecule is Cc1cc(C)nc(N(C)Cc2ccc(C(F)(F)F)cc2)n1. The molecule has 1 aromatic heterocycles. The van der Waals surface area contributed by atoms with E-state index < -0.39 is 11.7 Å². The summed E-state index contributed by atoms with van der Waals surface area (Å²) in [5.41, 5.74) is 1.85. The molecule has 0 amide bonds. The Morgan fingerprint density at radius 2 is 1.52 bits per heavy atom. The molecule has 1 aromatic carbocycles. The van der Waals surface area contributed by atoms with Crippen molar-refractivity contribution < 1.29 is 13.2 Å². The predicted molar refractivity (Wildman–Crippen MR) is 75.1 cm³/mol. The summed E-state index contributed by atoms with van der Waals surface area (Å²) in [5.74, 6) is 0.562. The Morgan fingerprint density at radius 3 is 2.00 bits per heavy atom. The Hall–Kier alpha value is -2.11. The van der Waals surface area contributed by atoms with E-state index in [1.165, 1.54) is 12.1 Å². The number of alkyl halides is 3. The van der Waals surface area contributed by atoms with Gasteiger partial charge in [0, 0.05) is 25.0 Å². The number of anilines is 1. The number of benzene rings is 1. The molecule has 21 heavy (non-hydrogen) atoms. The van der Waals surface area contributed by atoms with Crippen LogP contribution in [-0.4, -0.2) is 17.0 Å². The summed E-state index contributed by atoms with van der Waals surface area (Å²) in [6.07, 6.45) is -4.30. The van der Waals surface area contributed by atoms with E-state index in [-0.39, 0.29) is 0 Å². The van der Waals surface area contributed by atoms with E-state index in [1.807, 2.05) is 31.9 Å². The number of halogens is 3. The van der Waals surface area contributed by atoms with Gasteiger partial charge in [0.05, 0.1) is 5.56 Å². The van der Waals surface area contributed by atoms with Crippen molar-refractivity contribution in [2.24, 2.45) is 0 Å². The zero-order chi connectivity index (χ0) is 15.6. The first kappa shape index (κ1) is 15.3. The maximum Gasteiger partial charge on any atom is 0.416 e. The Labute approximate surface area is 121 Å². The maximum atomic E-state index is 12.5. The molecule has 0 spiro atoms. The largest absolute Gasteiger partial charge is 0.416 e. The molecule has 0 unspecified atom stereocenters. The van der Waals surface area contributed by atoms with Crippen molar-refractivity contribution in [2.45, 2.75) is 26.6 Å². The molecule has 0 aliphatic rings. The minimum atomic E-state index is -4.30. The quantitative estimate of drug-likeness (QED) is 0.863. The molecule has 0 fully saturated rings. The molecule has 112 valence electrons. The van der Waals surface area contributed by atoms with Crippen LogP contribution in [0.5, 0.6) is 0 Å². The average molecular weight is 295 g/mol. The molecular formula is C15H16F3N3. The zero-order valence-electron chi connectivity index (χ0n) is 12.1. The molecule has 1 heterocycles. The lowest BCUT2D eigenvalue weighted by molar-refractivity contribution is -0.137. The number of hydrogen-bond donors (Lipinski definition) is 0. The predicted octanol–water partition coefficient (Wildman–Crippen LogP) is 3.75. The lowest BCUT2D eigenvalue weighted by atomic mass is 10.1. The first-order chi connectivity index (χ1) is 9.75. The summed E-state index contributed by atoms with van der Waals surface area (Å²) in [6, 6.07) is 7.00. The Morgan fingerprint density at radius 1 is 1.00 bits per heavy atom. The van der Waals surface area contributed by atoms with Crippen LogP contribution in [0.15, 0.2) is 30.3 Å². The minimum Gasteiger partial charge on any atom is -0.340 e. The van der Waals surface area contributed by atoms with E-state index >= 15 is 0 Å². The fraction of sp³-hybridized carbons (Fsp3) is 0.333. The van der Waals surface area contributed by atoms with Crippen LogP contribution < -0.4 is 4.90 Å². The van der Waals surface area contributed by atoms with Crippen molar-refractivity contribution in [3.63, 3.8) is 0 Å². The molecule has 2 aromatic rings. The Bertz CT molecular complexity index is 601. The van der Waals surface area contributed by atoms with E-state index in [1.54, 1.807) is 0 Å². The monoisotopic (exact) mass is 295 g/mol. The van der Waals surface area contributed by atoms with Gasteiger partial charge < -0.3 is 4.90 Å². The number of hydrogen-bond acceptors (Lipinski definition) is 3. The van der Waals surface area contributed by atoms with Gasteiger partial charge in [0.1, 0.15) is 0 Å². The second-order valence-corrected chi connectivity index (χ2v) is 5.00. The van der Waals surface area contributed by atoms with E-state index in [0.29, 0.717) is 12.5 Å². The van der Waals surface area contributed by atoms with Gasteiger partial charge in [-0.05, 0) is 37.6 Å². The van der Waals surface area contributed by atoms with Crippen molar-refractivity contribution in [1.29, 1.82) is 0 Å². The number of aryl methyl sites for hydroxylation is 2. The van der Waals surface area contributed by atoms with E-state index in [4.69, 9.17) is 0 Å². The molecule has 0 bridgehead atoms. The van der Waals surface area contributed by atoms with Crippen LogP contribution >= 0.6 is 0 Å². The van der Waals surface area contributed by atoms with Gasteiger partial charge in [0.2, 0.25) is 5.95 Å². The average Bonchev–Trinajstić information content (AvgIpc) is 2.37. The lowest BCUT2D eigenvalue weighted by Crippen LogP contribution is -2.20. The maximum absolute atomic E-state index is 12.5. The highest BCUT2D eigenvalue weighted by molar-refractivity contribution is 5.34. The number of rotatable bonds is 3. The van der Waals surface area contributed by atoms with Gasteiger partial charge in [-0.15, -0.1) is 0 Å². The third-order valence-corrected chi connectivity index (χ3v) is 3.01. The Kier molecular flexibility index (Phi) is 4.16. The molecule has 6 heteroatoms. The van der Waals surface area contributed by atoms with Gasteiger partial charge in [-0.3, -0.25) is 0 Å². The van der Waals surface area contributed by atoms with Crippen LogP contribution in [-0.2, 0) is 12.7 Å². The molecule has 0 N–H and O–H groups in total. The van der Waals surface area contributed by atoms with Crippen molar-refractivity contribution >= 4 is 5.95 Å². The second kappa shape index (κ2) is 5.71. The summed E-state index contributed by atoms with van der Waals surface area (Å²) < 4.78 is 37.5. The lowest BCUT2D eigenvalue weighted by Gasteiger charge is -2.18. The molecule has 0 aliphatic carbocycles. The third-order valence-electron chi connectivity index (χ3n) is 3.01. The fourth-order valence-corrected chi connectivity index (χ4v) is 2.02. The zero-order valence-corrected chi connectivity index (χ0v) is 12.1. The number of nitrogens with zero attached hydrogens (tertiary/aromatic N) is 3. The summed E-state index contributed by atoms with van der Waals surface area (Å²) in [5, 5.41) is 0. The molecule has 2 rings (SSSR count). The molecule has 0 aliphatic heterocycles. The molecule has 0 radical (unpaired) electrons. The number of aromatic nitrogens is 2. The van der Waals surface area contributed by atoms with Crippen LogP contribution in [0.4, 0.5) is 19.1 Å². The summed E-state index contributed by atoms with van der Waals surface area (Å²) in [7, 11) is 1.81. The van der Waals surface area contributed by atoms with Crippen LogP contribution in [0.2, 0.25) is 0 Å². The van der Waals surface area contributed by atoms with Gasteiger partial charge in [0.25, 0.3) is 0 Å². The van der Waals surface area contributed by atoms with Gasteiger partial charge in [0.15, 0.2) is 0 Å². The van der Waals surface area contributed by atoms with Crippen LogP contribution in [0.25, 0.3) is 0 Å². The van der Waals surface area contributed by atoms with E-state index in [0.717, 1.165) is 29.1 Å². The second-order valence-electron chi connectivity index (χ2n) is 5.00. The standard InChI is InChI=1S/C15H16F3N3/c1-10-8-11(2)20-14(19-10)21(3)9-12-4-6-13(7-5-12)15(16,17)18/h4-8H,9H2,1-3H3. The van der Waals surface area contributed by atoms with Crippen molar-refractivity contribution in [3.05, 3.63) is 52.8 Å². The van der Waals surface area contributed by atoms with Gasteiger partial charge in [-0.25, -0.2) is 9.97 Å². The van der Waals surface area contributed by atoms with E-state index in [2.05, 4.69) is 9.97 Å². The normalized spacial score (nSPS) is 11.5. The first-order valence-electron chi connectivity index (χ1n) is 6.45. The smallest absolute Gasteiger partial charge is 0.340 e. The molecule has 3 nitrogen and oxygen atoms in total. The van der Waals surface area contributed by atoms with Crippen molar-refractivity contribution in [3.8, 4) is 0 Å². The fourth-order valence-electron chi connectivity index (χ4n) is 2.02. The highest BCUT2D eigenvalue weighted by Gasteiger charge is 2.29. The van der Waals surface area contributed by atoms with Crippen molar-refractivity contribution in [1.82, 2.24) is 9.97 Å². The molecule has 0 saturated carbocycles. The molecular weight excluding hydrogens is 279 g/mol.